The molecule has 0 aromatic heterocycles. The molecule has 0 saturated heterocycles. The first-order chi connectivity index (χ1) is 15.2. The van der Waals surface area contributed by atoms with Gasteiger partial charge in [0.1, 0.15) is 17.2 Å². The zero-order valence-electron chi connectivity index (χ0n) is 18.2. The van der Waals surface area contributed by atoms with E-state index in [-0.39, 0.29) is 0 Å². The quantitative estimate of drug-likeness (QED) is 0.296. The summed E-state index contributed by atoms with van der Waals surface area (Å²) < 4.78 is 17.7. The van der Waals surface area contributed by atoms with Gasteiger partial charge in [0.05, 0.1) is 21.3 Å². The molecule has 3 heteroatoms. The standard InChI is InChI=1S/C28H24O3/c1-17-13-14-20-23(15-17)27(30-3)22-12-8-6-10-19(22)26(20)24-16-25(29-2)18-9-5-7-11-21(18)28(24)31-4/h5-16H,1-4H3. The second-order valence-corrected chi connectivity index (χ2v) is 7.71. The van der Waals surface area contributed by atoms with Crippen LogP contribution in [0.25, 0.3) is 43.4 Å². The number of rotatable bonds is 4. The summed E-state index contributed by atoms with van der Waals surface area (Å²) in [6.07, 6.45) is 0. The second kappa shape index (κ2) is 7.51. The van der Waals surface area contributed by atoms with Crippen molar-refractivity contribution in [2.24, 2.45) is 0 Å². The van der Waals surface area contributed by atoms with E-state index in [0.717, 1.165) is 60.7 Å². The summed E-state index contributed by atoms with van der Waals surface area (Å²) in [5.74, 6) is 2.56. The average molecular weight is 408 g/mol. The van der Waals surface area contributed by atoms with E-state index in [2.05, 4.69) is 67.6 Å². The highest BCUT2D eigenvalue weighted by molar-refractivity contribution is 6.19. The number of hydrogen-bond acceptors (Lipinski definition) is 3. The van der Waals surface area contributed by atoms with Crippen molar-refractivity contribution in [2.75, 3.05) is 21.3 Å². The summed E-state index contributed by atoms with van der Waals surface area (Å²) in [5, 5.41) is 6.46. The van der Waals surface area contributed by atoms with Crippen molar-refractivity contribution in [2.45, 2.75) is 6.92 Å². The fraction of sp³-hybridized carbons (Fsp3) is 0.143. The number of benzene rings is 5. The molecule has 0 aliphatic carbocycles. The Labute approximate surface area is 181 Å². The number of ether oxygens (including phenoxy) is 3. The zero-order chi connectivity index (χ0) is 21.5. The van der Waals surface area contributed by atoms with Crippen molar-refractivity contribution in [1.29, 1.82) is 0 Å². The SMILES string of the molecule is COc1cc(-c2c3ccccc3c(OC)c3cc(C)ccc23)c(OC)c2ccccc12. The van der Waals surface area contributed by atoms with E-state index in [0.29, 0.717) is 0 Å². The monoisotopic (exact) mass is 408 g/mol. The van der Waals surface area contributed by atoms with Gasteiger partial charge in [0, 0.05) is 32.7 Å². The maximum Gasteiger partial charge on any atom is 0.134 e. The van der Waals surface area contributed by atoms with Gasteiger partial charge in [-0.2, -0.15) is 0 Å². The molecule has 31 heavy (non-hydrogen) atoms. The van der Waals surface area contributed by atoms with Gasteiger partial charge in [-0.1, -0.05) is 66.2 Å². The van der Waals surface area contributed by atoms with Crippen LogP contribution in [-0.2, 0) is 0 Å². The van der Waals surface area contributed by atoms with E-state index < -0.39 is 0 Å². The molecule has 0 aliphatic rings. The molecule has 0 bridgehead atoms. The Kier molecular flexibility index (Phi) is 4.67. The third-order valence-electron chi connectivity index (χ3n) is 5.98. The Bertz CT molecular complexity index is 1450. The predicted octanol–water partition coefficient (Wildman–Crippen LogP) is 7.15. The van der Waals surface area contributed by atoms with Crippen LogP contribution in [0.2, 0.25) is 0 Å². The van der Waals surface area contributed by atoms with Gasteiger partial charge in [-0.3, -0.25) is 0 Å². The predicted molar refractivity (Wildman–Crippen MR) is 129 cm³/mol. The van der Waals surface area contributed by atoms with E-state index in [1.807, 2.05) is 12.1 Å². The molecule has 0 atom stereocenters. The first-order valence-electron chi connectivity index (χ1n) is 10.3. The highest BCUT2D eigenvalue weighted by atomic mass is 16.5. The van der Waals surface area contributed by atoms with Crippen molar-refractivity contribution in [3.63, 3.8) is 0 Å². The normalized spacial score (nSPS) is 11.2. The van der Waals surface area contributed by atoms with Crippen molar-refractivity contribution in [1.82, 2.24) is 0 Å². The Morgan fingerprint density at radius 3 is 1.74 bits per heavy atom. The van der Waals surface area contributed by atoms with Crippen LogP contribution in [-0.4, -0.2) is 21.3 Å². The fourth-order valence-electron chi connectivity index (χ4n) is 4.65. The maximum absolute atomic E-state index is 6.00. The summed E-state index contributed by atoms with van der Waals surface area (Å²) in [5.41, 5.74) is 3.31. The molecular formula is C28H24O3. The highest BCUT2D eigenvalue weighted by Gasteiger charge is 2.21. The molecule has 3 nitrogen and oxygen atoms in total. The van der Waals surface area contributed by atoms with Crippen LogP contribution in [0.4, 0.5) is 0 Å². The Morgan fingerprint density at radius 1 is 0.516 bits per heavy atom. The molecule has 5 aromatic carbocycles. The van der Waals surface area contributed by atoms with E-state index >= 15 is 0 Å². The zero-order valence-corrected chi connectivity index (χ0v) is 18.2. The average Bonchev–Trinajstić information content (AvgIpc) is 2.81. The highest BCUT2D eigenvalue weighted by Crippen LogP contribution is 2.49. The number of methoxy groups -OCH3 is 3. The maximum atomic E-state index is 6.00. The third-order valence-corrected chi connectivity index (χ3v) is 5.98. The van der Waals surface area contributed by atoms with Gasteiger partial charge in [-0.15, -0.1) is 0 Å². The molecule has 0 unspecified atom stereocenters. The molecule has 0 amide bonds. The Morgan fingerprint density at radius 2 is 1.10 bits per heavy atom. The van der Waals surface area contributed by atoms with Crippen molar-refractivity contribution in [3.05, 3.63) is 78.4 Å². The van der Waals surface area contributed by atoms with Crippen LogP contribution in [0.1, 0.15) is 5.56 Å². The van der Waals surface area contributed by atoms with E-state index in [4.69, 9.17) is 14.2 Å². The van der Waals surface area contributed by atoms with Gasteiger partial charge < -0.3 is 14.2 Å². The Hall–Kier alpha value is -3.72. The largest absolute Gasteiger partial charge is 0.496 e. The molecule has 154 valence electrons. The molecule has 0 radical (unpaired) electrons. The summed E-state index contributed by atoms with van der Waals surface area (Å²) in [6.45, 7) is 2.10. The molecule has 5 rings (SSSR count). The fourth-order valence-corrected chi connectivity index (χ4v) is 4.65. The van der Waals surface area contributed by atoms with Crippen molar-refractivity contribution < 1.29 is 14.2 Å². The van der Waals surface area contributed by atoms with Crippen molar-refractivity contribution in [3.8, 4) is 28.4 Å². The molecule has 0 heterocycles. The summed E-state index contributed by atoms with van der Waals surface area (Å²) >= 11 is 0. The lowest BCUT2D eigenvalue weighted by Crippen LogP contribution is -1.96. The minimum Gasteiger partial charge on any atom is -0.496 e. The molecule has 0 aliphatic heterocycles. The van der Waals surface area contributed by atoms with Crippen LogP contribution in [0, 0.1) is 6.92 Å². The number of aryl methyl sites for hydroxylation is 1. The lowest BCUT2D eigenvalue weighted by molar-refractivity contribution is 0.412. The van der Waals surface area contributed by atoms with Gasteiger partial charge in [0.15, 0.2) is 0 Å². The molecule has 0 spiro atoms. The molecular weight excluding hydrogens is 384 g/mol. The van der Waals surface area contributed by atoms with Gasteiger partial charge >= 0.3 is 0 Å². The van der Waals surface area contributed by atoms with E-state index in [1.165, 1.54) is 5.56 Å². The van der Waals surface area contributed by atoms with Gasteiger partial charge in [0.25, 0.3) is 0 Å². The second-order valence-electron chi connectivity index (χ2n) is 7.71. The van der Waals surface area contributed by atoms with E-state index in [9.17, 15) is 0 Å². The van der Waals surface area contributed by atoms with Gasteiger partial charge in [-0.05, 0) is 29.8 Å². The number of fused-ring (bicyclic) bond motifs is 3. The molecule has 0 N–H and O–H groups in total. The van der Waals surface area contributed by atoms with Crippen LogP contribution < -0.4 is 14.2 Å². The minimum absolute atomic E-state index is 0.826. The first kappa shape index (κ1) is 19.3. The molecule has 0 fully saturated rings. The van der Waals surface area contributed by atoms with Crippen LogP contribution in [0.15, 0.2) is 72.8 Å². The van der Waals surface area contributed by atoms with Crippen molar-refractivity contribution >= 4 is 32.3 Å². The topological polar surface area (TPSA) is 27.7 Å². The van der Waals surface area contributed by atoms with Gasteiger partial charge in [0.2, 0.25) is 0 Å². The summed E-state index contributed by atoms with van der Waals surface area (Å²) in [7, 11) is 5.18. The van der Waals surface area contributed by atoms with E-state index in [1.54, 1.807) is 21.3 Å². The molecule has 0 saturated carbocycles. The smallest absolute Gasteiger partial charge is 0.134 e. The first-order valence-corrected chi connectivity index (χ1v) is 10.3. The van der Waals surface area contributed by atoms with Crippen LogP contribution in [0.5, 0.6) is 17.2 Å². The summed E-state index contributed by atoms with van der Waals surface area (Å²) in [6, 6.07) is 25.2. The van der Waals surface area contributed by atoms with Gasteiger partial charge in [-0.25, -0.2) is 0 Å². The lowest BCUT2D eigenvalue weighted by Gasteiger charge is -2.20. The Balaban J connectivity index is 2.04. The third kappa shape index (κ3) is 2.89. The lowest BCUT2D eigenvalue weighted by atomic mass is 9.88. The minimum atomic E-state index is 0.826. The summed E-state index contributed by atoms with van der Waals surface area (Å²) in [4.78, 5) is 0. The number of hydrogen-bond donors (Lipinski definition) is 0. The van der Waals surface area contributed by atoms with Crippen LogP contribution in [0.3, 0.4) is 0 Å². The van der Waals surface area contributed by atoms with Crippen LogP contribution >= 0.6 is 0 Å². The molecule has 5 aromatic rings.